The summed E-state index contributed by atoms with van der Waals surface area (Å²) in [6.07, 6.45) is 0. The van der Waals surface area contributed by atoms with Crippen molar-refractivity contribution in [3.8, 4) is 0 Å². The Hall–Kier alpha value is -1.57. The summed E-state index contributed by atoms with van der Waals surface area (Å²) in [6, 6.07) is 19.8. The van der Waals surface area contributed by atoms with Gasteiger partial charge in [0.2, 0.25) is 0 Å². The van der Waals surface area contributed by atoms with E-state index in [1.807, 2.05) is 60.7 Å². The fourth-order valence-electron chi connectivity index (χ4n) is 1.44. The van der Waals surface area contributed by atoms with Crippen LogP contribution in [0.1, 0.15) is 5.56 Å². The van der Waals surface area contributed by atoms with Crippen LogP contribution in [0.2, 0.25) is 5.32 Å². The number of hydrogen-bond acceptors (Lipinski definition) is 2. The number of hydrogen-bond donors (Lipinski definition) is 0. The van der Waals surface area contributed by atoms with Gasteiger partial charge in [-0.1, -0.05) is 0 Å². The van der Waals surface area contributed by atoms with Gasteiger partial charge in [0.1, 0.15) is 0 Å². The molecule has 0 fully saturated rings. The third-order valence-electron chi connectivity index (χ3n) is 2.34. The van der Waals surface area contributed by atoms with Crippen molar-refractivity contribution in [2.75, 3.05) is 0 Å². The molecule has 0 bridgehead atoms. The van der Waals surface area contributed by atoms with E-state index in [4.69, 9.17) is 4.74 Å². The minimum absolute atomic E-state index is 0.122. The molecular formula is C15H14O2Se. The molecule has 0 amide bonds. The number of rotatable bonds is 5. The first-order valence-corrected chi connectivity index (χ1v) is 7.79. The van der Waals surface area contributed by atoms with Crippen LogP contribution < -0.4 is 4.46 Å². The molecule has 0 N–H and O–H groups in total. The first-order valence-electron chi connectivity index (χ1n) is 5.72. The molecule has 2 aromatic rings. The standard InChI is InChI=1S/C15H14O2Se/c16-15(12-18-14-9-5-2-6-10-14)17-11-13-7-3-1-4-8-13/h1-10H,11-12H2. The summed E-state index contributed by atoms with van der Waals surface area (Å²) in [5.41, 5.74) is 1.03. The monoisotopic (exact) mass is 306 g/mol. The molecule has 2 aromatic carbocycles. The van der Waals surface area contributed by atoms with E-state index in [2.05, 4.69) is 0 Å². The normalized spacial score (nSPS) is 10.0. The topological polar surface area (TPSA) is 26.3 Å². The van der Waals surface area contributed by atoms with Gasteiger partial charge >= 0.3 is 113 Å². The molecule has 2 nitrogen and oxygen atoms in total. The number of esters is 1. The minimum atomic E-state index is -0.122. The zero-order valence-corrected chi connectivity index (χ0v) is 11.6. The third kappa shape index (κ3) is 4.36. The van der Waals surface area contributed by atoms with Gasteiger partial charge < -0.3 is 0 Å². The van der Waals surface area contributed by atoms with Gasteiger partial charge in [0.15, 0.2) is 0 Å². The average Bonchev–Trinajstić information content (AvgIpc) is 2.45. The molecule has 0 saturated heterocycles. The molecule has 0 radical (unpaired) electrons. The van der Waals surface area contributed by atoms with Gasteiger partial charge in [-0.3, -0.25) is 0 Å². The maximum atomic E-state index is 11.6. The summed E-state index contributed by atoms with van der Waals surface area (Å²) in [5, 5.41) is 0.490. The second-order valence-electron chi connectivity index (χ2n) is 3.75. The Bertz CT molecular complexity index is 437. The fourth-order valence-corrected chi connectivity index (χ4v) is 2.94. The summed E-state index contributed by atoms with van der Waals surface area (Å²) in [6.45, 7) is 0.366. The third-order valence-corrected chi connectivity index (χ3v) is 4.41. The van der Waals surface area contributed by atoms with E-state index in [1.165, 1.54) is 4.46 Å². The van der Waals surface area contributed by atoms with Crippen LogP contribution in [-0.2, 0) is 16.1 Å². The average molecular weight is 305 g/mol. The van der Waals surface area contributed by atoms with Crippen molar-refractivity contribution in [1.82, 2.24) is 0 Å². The molecule has 0 unspecified atom stereocenters. The van der Waals surface area contributed by atoms with E-state index < -0.39 is 0 Å². The van der Waals surface area contributed by atoms with Crippen molar-refractivity contribution in [1.29, 1.82) is 0 Å². The summed E-state index contributed by atoms with van der Waals surface area (Å²) < 4.78 is 6.45. The number of ether oxygens (including phenoxy) is 1. The van der Waals surface area contributed by atoms with E-state index in [0.29, 0.717) is 11.9 Å². The Morgan fingerprint density at radius 1 is 0.944 bits per heavy atom. The SMILES string of the molecule is O=C(C[Se]c1ccccc1)OCc1ccccc1. The summed E-state index contributed by atoms with van der Waals surface area (Å²) in [7, 11) is 0. The van der Waals surface area contributed by atoms with Crippen LogP contribution in [0.3, 0.4) is 0 Å². The van der Waals surface area contributed by atoms with Crippen LogP contribution in [0.25, 0.3) is 0 Å². The van der Waals surface area contributed by atoms with Crippen molar-refractivity contribution in [2.24, 2.45) is 0 Å². The Morgan fingerprint density at radius 3 is 2.22 bits per heavy atom. The molecule has 2 rings (SSSR count). The first-order chi connectivity index (χ1) is 8.84. The van der Waals surface area contributed by atoms with Crippen LogP contribution in [0.5, 0.6) is 0 Å². The molecule has 0 spiro atoms. The zero-order valence-electron chi connectivity index (χ0n) is 9.91. The number of benzene rings is 2. The molecule has 0 aromatic heterocycles. The molecule has 0 atom stereocenters. The van der Waals surface area contributed by atoms with Gasteiger partial charge in [0, 0.05) is 0 Å². The second kappa shape index (κ2) is 7.00. The molecule has 0 aliphatic rings. The van der Waals surface area contributed by atoms with Crippen molar-refractivity contribution < 1.29 is 9.53 Å². The molecule has 0 saturated carbocycles. The van der Waals surface area contributed by atoms with Crippen LogP contribution in [0.15, 0.2) is 60.7 Å². The summed E-state index contributed by atoms with van der Waals surface area (Å²) >= 11 is 0.162. The molecular weight excluding hydrogens is 291 g/mol. The second-order valence-corrected chi connectivity index (χ2v) is 5.95. The molecule has 0 aliphatic carbocycles. The van der Waals surface area contributed by atoms with Gasteiger partial charge in [-0.2, -0.15) is 0 Å². The van der Waals surface area contributed by atoms with Gasteiger partial charge in [-0.25, -0.2) is 0 Å². The van der Waals surface area contributed by atoms with Crippen molar-refractivity contribution in [2.45, 2.75) is 11.9 Å². The van der Waals surface area contributed by atoms with Gasteiger partial charge in [0.05, 0.1) is 0 Å². The Morgan fingerprint density at radius 2 is 1.56 bits per heavy atom. The molecule has 3 heteroatoms. The maximum absolute atomic E-state index is 11.6. The van der Waals surface area contributed by atoms with Gasteiger partial charge in [-0.15, -0.1) is 0 Å². The van der Waals surface area contributed by atoms with E-state index in [-0.39, 0.29) is 20.9 Å². The van der Waals surface area contributed by atoms with Crippen molar-refractivity contribution in [3.63, 3.8) is 0 Å². The van der Waals surface area contributed by atoms with Gasteiger partial charge in [0.25, 0.3) is 0 Å². The Labute approximate surface area is 113 Å². The predicted octanol–water partition coefficient (Wildman–Crippen LogP) is 2.18. The molecule has 0 heterocycles. The zero-order chi connectivity index (χ0) is 12.6. The number of carbonyl (C=O) groups is 1. The van der Waals surface area contributed by atoms with Gasteiger partial charge in [-0.05, 0) is 0 Å². The number of carbonyl (C=O) groups excluding carboxylic acids is 1. The van der Waals surface area contributed by atoms with Crippen LogP contribution >= 0.6 is 0 Å². The summed E-state index contributed by atoms with van der Waals surface area (Å²) in [5.74, 6) is -0.122. The molecule has 18 heavy (non-hydrogen) atoms. The molecule has 0 aliphatic heterocycles. The van der Waals surface area contributed by atoms with Crippen molar-refractivity contribution in [3.05, 3.63) is 66.2 Å². The Kier molecular flexibility index (Phi) is 5.00. The van der Waals surface area contributed by atoms with E-state index in [9.17, 15) is 4.79 Å². The summed E-state index contributed by atoms with van der Waals surface area (Å²) in [4.78, 5) is 11.6. The quantitative estimate of drug-likeness (QED) is 0.625. The fraction of sp³-hybridized carbons (Fsp3) is 0.133. The van der Waals surface area contributed by atoms with Crippen LogP contribution in [0, 0.1) is 0 Å². The van der Waals surface area contributed by atoms with E-state index in [1.54, 1.807) is 0 Å². The van der Waals surface area contributed by atoms with Crippen LogP contribution in [0.4, 0.5) is 0 Å². The van der Waals surface area contributed by atoms with E-state index in [0.717, 1.165) is 5.56 Å². The Balaban J connectivity index is 1.73. The first kappa shape index (κ1) is 12.9. The molecule has 92 valence electrons. The van der Waals surface area contributed by atoms with Crippen LogP contribution in [-0.4, -0.2) is 20.9 Å². The predicted molar refractivity (Wildman–Crippen MR) is 72.9 cm³/mol. The van der Waals surface area contributed by atoms with Crippen molar-refractivity contribution >= 4 is 25.4 Å². The van der Waals surface area contributed by atoms with E-state index >= 15 is 0 Å².